The first-order valence-corrected chi connectivity index (χ1v) is 5.80. The van der Waals surface area contributed by atoms with Gasteiger partial charge in [-0.15, -0.1) is 0 Å². The van der Waals surface area contributed by atoms with E-state index in [4.69, 9.17) is 10.2 Å². The minimum atomic E-state index is 0.477. The van der Waals surface area contributed by atoms with E-state index in [1.807, 2.05) is 24.3 Å². The zero-order valence-electron chi connectivity index (χ0n) is 8.72. The Bertz CT molecular complexity index is 679. The lowest BCUT2D eigenvalue weighted by Gasteiger charge is -1.94. The monoisotopic (exact) mass is 289 g/mol. The number of pyridine rings is 1. The first-order valence-electron chi connectivity index (χ1n) is 5.01. The third-order valence-electron chi connectivity index (χ3n) is 2.37. The fraction of sp³-hybridized carbons (Fsp3) is 0. The Labute approximate surface area is 106 Å². The van der Waals surface area contributed by atoms with Gasteiger partial charge in [0, 0.05) is 10.7 Å². The van der Waals surface area contributed by atoms with Gasteiger partial charge >= 0.3 is 0 Å². The van der Waals surface area contributed by atoms with Crippen LogP contribution < -0.4 is 5.73 Å². The van der Waals surface area contributed by atoms with E-state index in [0.717, 1.165) is 9.99 Å². The second-order valence-corrected chi connectivity index (χ2v) is 4.49. The number of nitrogens with two attached hydrogens (primary N) is 1. The molecule has 0 aliphatic carbocycles. The van der Waals surface area contributed by atoms with Crippen LogP contribution in [0.1, 0.15) is 0 Å². The number of nitrogen functional groups attached to an aromatic ring is 1. The minimum Gasteiger partial charge on any atom is -0.432 e. The molecule has 0 atom stereocenters. The van der Waals surface area contributed by atoms with Crippen LogP contribution in [0.3, 0.4) is 0 Å². The zero-order chi connectivity index (χ0) is 11.8. The highest BCUT2D eigenvalue weighted by Gasteiger charge is 2.11. The van der Waals surface area contributed by atoms with Crippen molar-refractivity contribution in [3.05, 3.63) is 41.0 Å². The van der Waals surface area contributed by atoms with Crippen LogP contribution in [0.2, 0.25) is 0 Å². The number of nitrogens with zero attached hydrogens (tertiary/aromatic N) is 2. The Hall–Kier alpha value is -1.88. The van der Waals surface area contributed by atoms with Crippen molar-refractivity contribution in [2.75, 3.05) is 5.73 Å². The van der Waals surface area contributed by atoms with E-state index in [2.05, 4.69) is 25.9 Å². The Balaban J connectivity index is 2.24. The maximum atomic E-state index is 5.86. The summed E-state index contributed by atoms with van der Waals surface area (Å²) in [6.07, 6.45) is 1.70. The molecule has 1 aromatic carbocycles. The molecule has 84 valence electrons. The molecule has 5 heteroatoms. The van der Waals surface area contributed by atoms with Crippen molar-refractivity contribution in [2.45, 2.75) is 0 Å². The largest absolute Gasteiger partial charge is 0.432 e. The number of rotatable bonds is 1. The van der Waals surface area contributed by atoms with Gasteiger partial charge in [-0.3, -0.25) is 4.98 Å². The van der Waals surface area contributed by atoms with E-state index in [1.165, 1.54) is 0 Å². The molecular weight excluding hydrogens is 282 g/mol. The third-order valence-corrected chi connectivity index (χ3v) is 2.83. The third kappa shape index (κ3) is 1.78. The lowest BCUT2D eigenvalue weighted by Crippen LogP contribution is -1.84. The van der Waals surface area contributed by atoms with Crippen LogP contribution in [0.4, 0.5) is 5.69 Å². The number of aromatic nitrogens is 2. The summed E-state index contributed by atoms with van der Waals surface area (Å²) in [5.41, 5.74) is 8.43. The summed E-state index contributed by atoms with van der Waals surface area (Å²) in [6.45, 7) is 0. The van der Waals surface area contributed by atoms with Crippen LogP contribution in [0, 0.1) is 0 Å². The molecule has 0 spiro atoms. The number of halogens is 1. The molecule has 0 saturated heterocycles. The first-order chi connectivity index (χ1) is 8.24. The van der Waals surface area contributed by atoms with Gasteiger partial charge in [0.1, 0.15) is 11.2 Å². The number of anilines is 1. The van der Waals surface area contributed by atoms with Gasteiger partial charge in [-0.1, -0.05) is 22.0 Å². The molecule has 2 heterocycles. The van der Waals surface area contributed by atoms with Crippen LogP contribution in [0.25, 0.3) is 22.7 Å². The van der Waals surface area contributed by atoms with Crippen LogP contribution in [-0.4, -0.2) is 9.97 Å². The molecule has 0 fully saturated rings. The summed E-state index contributed by atoms with van der Waals surface area (Å²) in [4.78, 5) is 8.55. The number of benzene rings is 1. The van der Waals surface area contributed by atoms with Crippen molar-refractivity contribution in [1.82, 2.24) is 9.97 Å². The van der Waals surface area contributed by atoms with E-state index in [9.17, 15) is 0 Å². The molecule has 3 aromatic rings. The SMILES string of the molecule is Nc1cc(Br)cc2nc(-c3ccccn3)oc12. The van der Waals surface area contributed by atoms with Crippen LogP contribution in [0.5, 0.6) is 0 Å². The maximum absolute atomic E-state index is 5.86. The van der Waals surface area contributed by atoms with E-state index in [0.29, 0.717) is 22.9 Å². The predicted octanol–water partition coefficient (Wildman–Crippen LogP) is 3.23. The Morgan fingerprint density at radius 3 is 2.88 bits per heavy atom. The summed E-state index contributed by atoms with van der Waals surface area (Å²) >= 11 is 3.37. The molecule has 2 aromatic heterocycles. The van der Waals surface area contributed by atoms with Gasteiger partial charge in [-0.25, -0.2) is 4.98 Å². The molecule has 2 N–H and O–H groups in total. The van der Waals surface area contributed by atoms with Gasteiger partial charge in [0.25, 0.3) is 0 Å². The highest BCUT2D eigenvalue weighted by atomic mass is 79.9. The standard InChI is InChI=1S/C12H8BrN3O/c13-7-5-8(14)11-10(6-7)16-12(17-11)9-3-1-2-4-15-9/h1-6H,14H2. The summed E-state index contributed by atoms with van der Waals surface area (Å²) < 4.78 is 6.50. The van der Waals surface area contributed by atoms with E-state index >= 15 is 0 Å². The summed E-state index contributed by atoms with van der Waals surface area (Å²) in [5.74, 6) is 0.477. The molecule has 17 heavy (non-hydrogen) atoms. The van der Waals surface area contributed by atoms with E-state index in [-0.39, 0.29) is 0 Å². The second-order valence-electron chi connectivity index (χ2n) is 3.58. The van der Waals surface area contributed by atoms with Crippen molar-refractivity contribution in [1.29, 1.82) is 0 Å². The normalized spacial score (nSPS) is 10.9. The number of hydrogen-bond donors (Lipinski definition) is 1. The molecule has 3 rings (SSSR count). The zero-order valence-corrected chi connectivity index (χ0v) is 10.3. The Kier molecular flexibility index (Phi) is 2.33. The smallest absolute Gasteiger partial charge is 0.246 e. The number of hydrogen-bond acceptors (Lipinski definition) is 4. The average Bonchev–Trinajstić information content (AvgIpc) is 2.74. The van der Waals surface area contributed by atoms with Gasteiger partial charge in [0.15, 0.2) is 5.58 Å². The van der Waals surface area contributed by atoms with Crippen LogP contribution >= 0.6 is 15.9 Å². The summed E-state index contributed by atoms with van der Waals surface area (Å²) in [5, 5.41) is 0. The molecule has 0 radical (unpaired) electrons. The number of oxazole rings is 1. The molecular formula is C12H8BrN3O. The molecule has 4 nitrogen and oxygen atoms in total. The van der Waals surface area contributed by atoms with Gasteiger partial charge in [-0.05, 0) is 24.3 Å². The average molecular weight is 290 g/mol. The predicted molar refractivity (Wildman–Crippen MR) is 69.4 cm³/mol. The fourth-order valence-corrected chi connectivity index (χ4v) is 2.09. The maximum Gasteiger partial charge on any atom is 0.246 e. The number of fused-ring (bicyclic) bond motifs is 1. The van der Waals surface area contributed by atoms with Gasteiger partial charge in [0.2, 0.25) is 5.89 Å². The Morgan fingerprint density at radius 2 is 2.12 bits per heavy atom. The topological polar surface area (TPSA) is 64.9 Å². The van der Waals surface area contributed by atoms with Crippen molar-refractivity contribution >= 4 is 32.7 Å². The quantitative estimate of drug-likeness (QED) is 0.699. The van der Waals surface area contributed by atoms with Crippen LogP contribution in [0.15, 0.2) is 45.4 Å². The van der Waals surface area contributed by atoms with Crippen molar-refractivity contribution in [2.24, 2.45) is 0 Å². The van der Waals surface area contributed by atoms with Gasteiger partial charge < -0.3 is 10.2 Å². The van der Waals surface area contributed by atoms with E-state index < -0.39 is 0 Å². The summed E-state index contributed by atoms with van der Waals surface area (Å²) in [7, 11) is 0. The minimum absolute atomic E-state index is 0.477. The first kappa shape index (κ1) is 10.3. The molecule has 0 unspecified atom stereocenters. The molecule has 0 aliphatic rings. The molecule has 0 bridgehead atoms. The molecule has 0 saturated carbocycles. The highest BCUT2D eigenvalue weighted by molar-refractivity contribution is 9.10. The van der Waals surface area contributed by atoms with Gasteiger partial charge in [-0.2, -0.15) is 0 Å². The molecule has 0 aliphatic heterocycles. The lowest BCUT2D eigenvalue weighted by molar-refractivity contribution is 0.618. The van der Waals surface area contributed by atoms with Crippen molar-refractivity contribution < 1.29 is 4.42 Å². The lowest BCUT2D eigenvalue weighted by atomic mass is 10.3. The Morgan fingerprint density at radius 1 is 1.24 bits per heavy atom. The molecule has 0 amide bonds. The summed E-state index contributed by atoms with van der Waals surface area (Å²) in [6, 6.07) is 9.22. The van der Waals surface area contributed by atoms with Crippen molar-refractivity contribution in [3.63, 3.8) is 0 Å². The van der Waals surface area contributed by atoms with Crippen LogP contribution in [-0.2, 0) is 0 Å². The van der Waals surface area contributed by atoms with Gasteiger partial charge in [0.05, 0.1) is 5.69 Å². The fourth-order valence-electron chi connectivity index (χ4n) is 1.62. The second kappa shape index (κ2) is 3.85. The highest BCUT2D eigenvalue weighted by Crippen LogP contribution is 2.29. The van der Waals surface area contributed by atoms with E-state index in [1.54, 1.807) is 12.3 Å². The van der Waals surface area contributed by atoms with Crippen molar-refractivity contribution in [3.8, 4) is 11.6 Å².